The SMILES string of the molecule is CCNC(=O)N(Cc1nnc2n1CCCCC2)c1ccc(F)cc1. The molecule has 128 valence electrons. The van der Waals surface area contributed by atoms with Crippen LogP contribution in [0.25, 0.3) is 0 Å². The average molecular weight is 331 g/mol. The molecule has 0 radical (unpaired) electrons. The minimum absolute atomic E-state index is 0.227. The Morgan fingerprint density at radius 3 is 2.79 bits per heavy atom. The molecule has 1 N–H and O–H groups in total. The normalized spacial score (nSPS) is 13.9. The summed E-state index contributed by atoms with van der Waals surface area (Å²) in [6.07, 6.45) is 4.32. The molecule has 0 fully saturated rings. The van der Waals surface area contributed by atoms with Gasteiger partial charge in [0.15, 0.2) is 5.82 Å². The van der Waals surface area contributed by atoms with E-state index < -0.39 is 0 Å². The molecule has 24 heavy (non-hydrogen) atoms. The van der Waals surface area contributed by atoms with Crippen molar-refractivity contribution in [3.8, 4) is 0 Å². The molecule has 0 spiro atoms. The zero-order valence-electron chi connectivity index (χ0n) is 13.8. The number of urea groups is 1. The number of hydrogen-bond donors (Lipinski definition) is 1. The van der Waals surface area contributed by atoms with Crippen LogP contribution in [0, 0.1) is 5.82 Å². The summed E-state index contributed by atoms with van der Waals surface area (Å²) in [4.78, 5) is 14.0. The number of nitrogens with zero attached hydrogens (tertiary/aromatic N) is 4. The standard InChI is InChI=1S/C17H22FN5O/c1-2-19-17(24)23(14-9-7-13(18)8-10-14)12-16-21-20-15-6-4-3-5-11-22(15)16/h7-10H,2-6,11-12H2,1H3,(H,19,24). The van der Waals surface area contributed by atoms with Crippen LogP contribution in [0.5, 0.6) is 0 Å². The van der Waals surface area contributed by atoms with Crippen LogP contribution in [0.1, 0.15) is 37.8 Å². The Morgan fingerprint density at radius 1 is 1.25 bits per heavy atom. The summed E-state index contributed by atoms with van der Waals surface area (Å²) in [6.45, 7) is 3.58. The van der Waals surface area contributed by atoms with Gasteiger partial charge in [-0.15, -0.1) is 10.2 Å². The minimum atomic E-state index is -0.328. The fourth-order valence-corrected chi connectivity index (χ4v) is 2.95. The molecule has 6 nitrogen and oxygen atoms in total. The lowest BCUT2D eigenvalue weighted by Crippen LogP contribution is -2.40. The van der Waals surface area contributed by atoms with Gasteiger partial charge in [-0.1, -0.05) is 6.42 Å². The Balaban J connectivity index is 1.88. The quantitative estimate of drug-likeness (QED) is 0.937. The highest BCUT2D eigenvalue weighted by Gasteiger charge is 2.21. The summed E-state index contributed by atoms with van der Waals surface area (Å²) < 4.78 is 15.3. The molecule has 7 heteroatoms. The van der Waals surface area contributed by atoms with Gasteiger partial charge < -0.3 is 9.88 Å². The first-order valence-electron chi connectivity index (χ1n) is 8.41. The summed E-state index contributed by atoms with van der Waals surface area (Å²) >= 11 is 0. The molecule has 0 saturated carbocycles. The lowest BCUT2D eigenvalue weighted by Gasteiger charge is -2.23. The highest BCUT2D eigenvalue weighted by molar-refractivity contribution is 5.91. The molecule has 0 saturated heterocycles. The first-order valence-corrected chi connectivity index (χ1v) is 8.41. The van der Waals surface area contributed by atoms with Gasteiger partial charge in [-0.2, -0.15) is 0 Å². The number of aromatic nitrogens is 3. The maximum absolute atomic E-state index is 13.2. The van der Waals surface area contributed by atoms with Gasteiger partial charge in [0.05, 0.1) is 6.54 Å². The predicted octanol–water partition coefficient (Wildman–Crippen LogP) is 2.88. The van der Waals surface area contributed by atoms with Crippen molar-refractivity contribution in [1.29, 1.82) is 0 Å². The zero-order chi connectivity index (χ0) is 16.9. The number of nitrogens with one attached hydrogen (secondary N) is 1. The topological polar surface area (TPSA) is 63.1 Å². The number of aryl methyl sites for hydroxylation is 1. The Hall–Kier alpha value is -2.44. The van der Waals surface area contributed by atoms with E-state index in [1.165, 1.54) is 18.6 Å². The van der Waals surface area contributed by atoms with Crippen molar-refractivity contribution in [2.45, 2.75) is 45.7 Å². The summed E-state index contributed by atoms with van der Waals surface area (Å²) in [6, 6.07) is 5.68. The first kappa shape index (κ1) is 16.4. The summed E-state index contributed by atoms with van der Waals surface area (Å²) in [5.74, 6) is 1.42. The van der Waals surface area contributed by atoms with Crippen LogP contribution in [-0.2, 0) is 19.5 Å². The number of halogens is 1. The van der Waals surface area contributed by atoms with Crippen molar-refractivity contribution < 1.29 is 9.18 Å². The van der Waals surface area contributed by atoms with Crippen molar-refractivity contribution in [2.75, 3.05) is 11.4 Å². The highest BCUT2D eigenvalue weighted by atomic mass is 19.1. The molecule has 0 unspecified atom stereocenters. The van der Waals surface area contributed by atoms with Gasteiger partial charge in [0.2, 0.25) is 0 Å². The van der Waals surface area contributed by atoms with Crippen LogP contribution in [0.2, 0.25) is 0 Å². The first-order chi connectivity index (χ1) is 11.7. The van der Waals surface area contributed by atoms with Gasteiger partial charge >= 0.3 is 6.03 Å². The van der Waals surface area contributed by atoms with E-state index in [9.17, 15) is 9.18 Å². The van der Waals surface area contributed by atoms with Crippen LogP contribution in [0.4, 0.5) is 14.9 Å². The van der Waals surface area contributed by atoms with E-state index >= 15 is 0 Å². The predicted molar refractivity (Wildman–Crippen MR) is 89.2 cm³/mol. The van der Waals surface area contributed by atoms with Crippen molar-refractivity contribution in [2.24, 2.45) is 0 Å². The molecular weight excluding hydrogens is 309 g/mol. The van der Waals surface area contributed by atoms with Crippen molar-refractivity contribution >= 4 is 11.7 Å². The number of rotatable bonds is 4. The van der Waals surface area contributed by atoms with Gasteiger partial charge in [-0.25, -0.2) is 9.18 Å². The van der Waals surface area contributed by atoms with Crippen LogP contribution in [-0.4, -0.2) is 27.3 Å². The van der Waals surface area contributed by atoms with Crippen LogP contribution >= 0.6 is 0 Å². The van der Waals surface area contributed by atoms with E-state index in [0.29, 0.717) is 18.8 Å². The van der Waals surface area contributed by atoms with Gasteiger partial charge in [0, 0.05) is 25.2 Å². The van der Waals surface area contributed by atoms with E-state index in [1.54, 1.807) is 17.0 Å². The second kappa shape index (κ2) is 7.42. The largest absolute Gasteiger partial charge is 0.338 e. The molecule has 1 aromatic carbocycles. The third kappa shape index (κ3) is 3.55. The second-order valence-corrected chi connectivity index (χ2v) is 5.89. The van der Waals surface area contributed by atoms with Gasteiger partial charge in [-0.05, 0) is 44.0 Å². The molecule has 2 heterocycles. The number of carbonyl (C=O) groups is 1. The lowest BCUT2D eigenvalue weighted by molar-refractivity contribution is 0.246. The maximum atomic E-state index is 13.2. The third-order valence-electron chi connectivity index (χ3n) is 4.20. The van der Waals surface area contributed by atoms with Crippen molar-refractivity contribution in [3.63, 3.8) is 0 Å². The molecule has 2 aromatic rings. The average Bonchev–Trinajstić information content (AvgIpc) is 2.80. The number of hydrogen-bond acceptors (Lipinski definition) is 3. The Labute approximate surface area is 140 Å². The molecule has 1 aromatic heterocycles. The second-order valence-electron chi connectivity index (χ2n) is 5.89. The number of carbonyl (C=O) groups excluding carboxylic acids is 1. The van der Waals surface area contributed by atoms with Gasteiger partial charge in [0.25, 0.3) is 0 Å². The van der Waals surface area contributed by atoms with E-state index in [-0.39, 0.29) is 11.8 Å². The fourth-order valence-electron chi connectivity index (χ4n) is 2.95. The lowest BCUT2D eigenvalue weighted by atomic mass is 10.2. The number of anilines is 1. The smallest absolute Gasteiger partial charge is 0.322 e. The molecule has 1 aliphatic heterocycles. The maximum Gasteiger partial charge on any atom is 0.322 e. The number of benzene rings is 1. The molecule has 1 aliphatic rings. The Kier molecular flexibility index (Phi) is 5.08. The summed E-state index contributed by atoms with van der Waals surface area (Å²) in [5.41, 5.74) is 0.633. The molecule has 2 amide bonds. The molecular formula is C17H22FN5O. The number of amides is 2. The highest BCUT2D eigenvalue weighted by Crippen LogP contribution is 2.20. The van der Waals surface area contributed by atoms with E-state index in [1.807, 2.05) is 6.92 Å². The fraction of sp³-hybridized carbons (Fsp3) is 0.471. The molecule has 0 bridgehead atoms. The molecule has 0 atom stereocenters. The zero-order valence-corrected chi connectivity index (χ0v) is 13.8. The van der Waals surface area contributed by atoms with Crippen LogP contribution in [0.3, 0.4) is 0 Å². The van der Waals surface area contributed by atoms with E-state index in [4.69, 9.17) is 0 Å². The molecule has 3 rings (SSSR count). The molecule has 0 aliphatic carbocycles. The Bertz CT molecular complexity index is 698. The van der Waals surface area contributed by atoms with Crippen molar-refractivity contribution in [1.82, 2.24) is 20.1 Å². The Morgan fingerprint density at radius 2 is 2.04 bits per heavy atom. The summed E-state index contributed by atoms with van der Waals surface area (Å²) in [5, 5.41) is 11.4. The van der Waals surface area contributed by atoms with E-state index in [0.717, 1.165) is 37.5 Å². The van der Waals surface area contributed by atoms with Gasteiger partial charge in [-0.3, -0.25) is 4.90 Å². The van der Waals surface area contributed by atoms with Crippen LogP contribution in [0.15, 0.2) is 24.3 Å². The minimum Gasteiger partial charge on any atom is -0.338 e. The van der Waals surface area contributed by atoms with Crippen LogP contribution < -0.4 is 10.2 Å². The third-order valence-corrected chi connectivity index (χ3v) is 4.20. The van der Waals surface area contributed by atoms with Gasteiger partial charge in [0.1, 0.15) is 11.6 Å². The van der Waals surface area contributed by atoms with Crippen molar-refractivity contribution in [3.05, 3.63) is 41.7 Å². The monoisotopic (exact) mass is 331 g/mol. The summed E-state index contributed by atoms with van der Waals surface area (Å²) in [7, 11) is 0. The number of fused-ring (bicyclic) bond motifs is 1. The van der Waals surface area contributed by atoms with E-state index in [2.05, 4.69) is 20.1 Å².